The quantitative estimate of drug-likeness (QED) is 0.635. The van der Waals surface area contributed by atoms with E-state index >= 15 is 0 Å². The second-order valence-corrected chi connectivity index (χ2v) is 2.88. The molecule has 0 aliphatic carbocycles. The van der Waals surface area contributed by atoms with Crippen LogP contribution in [0.5, 0.6) is 0 Å². The minimum absolute atomic E-state index is 0. The number of amides is 1. The molecule has 1 amide bonds. The zero-order chi connectivity index (χ0) is 6.91. The Morgan fingerprint density at radius 2 is 2.20 bits per heavy atom. The minimum Gasteiger partial charge on any atom is -0.347 e. The average molecular weight is 363 g/mol. The molecule has 2 nitrogen and oxygen atoms in total. The number of nitrogens with one attached hydrogen (secondary N) is 1. The molecule has 0 aromatic rings. The molecule has 0 aromatic heterocycles. The van der Waals surface area contributed by atoms with Crippen LogP contribution in [0, 0.1) is 31.1 Å². The van der Waals surface area contributed by atoms with E-state index in [1.54, 1.807) is 0 Å². The van der Waals surface area contributed by atoms with E-state index in [-0.39, 0.29) is 42.6 Å². The van der Waals surface area contributed by atoms with Crippen LogP contribution in [0.15, 0.2) is 12.2 Å². The molecule has 0 bridgehead atoms. The van der Waals surface area contributed by atoms with Crippen LogP contribution in [0.4, 0.5) is 0 Å². The summed E-state index contributed by atoms with van der Waals surface area (Å²) in [5, 5.41) is 2.83. The summed E-state index contributed by atoms with van der Waals surface area (Å²) in [5.41, 5.74) is -0.130. The molecule has 0 radical (unpaired) electrons. The van der Waals surface area contributed by atoms with Crippen molar-refractivity contribution in [1.29, 1.82) is 0 Å². The van der Waals surface area contributed by atoms with Crippen LogP contribution in [0.2, 0.25) is 0 Å². The molecular weight excluding hydrogens is 352 g/mol. The Morgan fingerprint density at radius 3 is 2.50 bits per heavy atom. The predicted octanol–water partition coefficient (Wildman–Crippen LogP) is 0.841. The molecule has 3 heteroatoms. The molecule has 0 saturated carbocycles. The van der Waals surface area contributed by atoms with Gasteiger partial charge in [-0.2, -0.15) is 0 Å². The second-order valence-electron chi connectivity index (χ2n) is 2.88. The maximum absolute atomic E-state index is 10.7. The molecule has 0 unspecified atom stereocenters. The first-order chi connectivity index (χ1) is 4.10. The van der Waals surface area contributed by atoms with Crippen molar-refractivity contribution in [3.63, 3.8) is 0 Å². The van der Waals surface area contributed by atoms with Crippen molar-refractivity contribution in [2.24, 2.45) is 0 Å². The van der Waals surface area contributed by atoms with Gasteiger partial charge in [0.15, 0.2) is 0 Å². The minimum atomic E-state index is -0.130. The van der Waals surface area contributed by atoms with Crippen molar-refractivity contribution in [1.82, 2.24) is 5.32 Å². The SMILES string of the molecule is CC1(C)C=CCC(=O)N1.[U]. The Morgan fingerprint density at radius 1 is 1.60 bits per heavy atom. The average Bonchev–Trinajstić information content (AvgIpc) is 1.60. The van der Waals surface area contributed by atoms with Gasteiger partial charge in [0.2, 0.25) is 5.91 Å². The van der Waals surface area contributed by atoms with Crippen LogP contribution < -0.4 is 5.32 Å². The Kier molecular flexibility index (Phi) is 3.69. The number of carbonyl (C=O) groups is 1. The van der Waals surface area contributed by atoms with Crippen molar-refractivity contribution < 1.29 is 35.9 Å². The first-order valence-corrected chi connectivity index (χ1v) is 3.09. The summed E-state index contributed by atoms with van der Waals surface area (Å²) in [7, 11) is 0. The molecule has 0 spiro atoms. The molecule has 1 N–H and O–H groups in total. The Hall–Kier alpha value is 0.262. The van der Waals surface area contributed by atoms with Gasteiger partial charge in [0.25, 0.3) is 0 Å². The van der Waals surface area contributed by atoms with E-state index in [1.807, 2.05) is 26.0 Å². The number of carbonyl (C=O) groups excluding carboxylic acids is 1. The van der Waals surface area contributed by atoms with E-state index in [0.29, 0.717) is 6.42 Å². The van der Waals surface area contributed by atoms with E-state index in [0.717, 1.165) is 0 Å². The van der Waals surface area contributed by atoms with Gasteiger partial charge in [-0.1, -0.05) is 12.2 Å². The van der Waals surface area contributed by atoms with Crippen LogP contribution in [0.1, 0.15) is 20.3 Å². The smallest absolute Gasteiger partial charge is 0.224 e. The molecule has 1 heterocycles. The van der Waals surface area contributed by atoms with E-state index in [4.69, 9.17) is 0 Å². The van der Waals surface area contributed by atoms with Crippen LogP contribution in [0.25, 0.3) is 0 Å². The van der Waals surface area contributed by atoms with Gasteiger partial charge in [-0.3, -0.25) is 4.79 Å². The fourth-order valence-corrected chi connectivity index (χ4v) is 0.913. The van der Waals surface area contributed by atoms with Gasteiger partial charge in [-0.05, 0) is 13.8 Å². The number of rotatable bonds is 0. The third-order valence-electron chi connectivity index (χ3n) is 1.30. The van der Waals surface area contributed by atoms with E-state index in [9.17, 15) is 4.79 Å². The zero-order valence-corrected chi connectivity index (χ0v) is 10.4. The summed E-state index contributed by atoms with van der Waals surface area (Å²) in [6, 6.07) is 0. The van der Waals surface area contributed by atoms with Gasteiger partial charge >= 0.3 is 0 Å². The topological polar surface area (TPSA) is 29.1 Å². The molecule has 0 atom stereocenters. The van der Waals surface area contributed by atoms with Crippen LogP contribution in [-0.2, 0) is 4.79 Å². The summed E-state index contributed by atoms with van der Waals surface area (Å²) in [4.78, 5) is 10.7. The van der Waals surface area contributed by atoms with Crippen LogP contribution in [-0.4, -0.2) is 11.4 Å². The maximum Gasteiger partial charge on any atom is 0.224 e. The van der Waals surface area contributed by atoms with E-state index in [1.165, 1.54) is 0 Å². The number of hydrogen-bond donors (Lipinski definition) is 1. The summed E-state index contributed by atoms with van der Waals surface area (Å²) < 4.78 is 0. The molecule has 0 saturated heterocycles. The third kappa shape index (κ3) is 2.90. The van der Waals surface area contributed by atoms with Crippen molar-refractivity contribution >= 4 is 5.91 Å². The Balaban J connectivity index is 0.000000810. The van der Waals surface area contributed by atoms with Gasteiger partial charge in [-0.15, -0.1) is 0 Å². The fraction of sp³-hybridized carbons (Fsp3) is 0.571. The standard InChI is InChI=1S/C7H11NO.U/c1-7(2)5-3-4-6(9)8-7;/h3,5H,4H2,1-2H3,(H,8,9);. The first kappa shape index (κ1) is 10.3. The van der Waals surface area contributed by atoms with Crippen LogP contribution >= 0.6 is 0 Å². The predicted molar refractivity (Wildman–Crippen MR) is 36.0 cm³/mol. The van der Waals surface area contributed by atoms with Crippen LogP contribution in [0.3, 0.4) is 0 Å². The largest absolute Gasteiger partial charge is 0.347 e. The molecule has 10 heavy (non-hydrogen) atoms. The van der Waals surface area contributed by atoms with Crippen molar-refractivity contribution in [2.75, 3.05) is 0 Å². The Bertz CT molecular complexity index is 163. The zero-order valence-electron chi connectivity index (χ0n) is 6.27. The van der Waals surface area contributed by atoms with Crippen molar-refractivity contribution in [3.8, 4) is 0 Å². The van der Waals surface area contributed by atoms with Gasteiger partial charge in [0.1, 0.15) is 0 Å². The summed E-state index contributed by atoms with van der Waals surface area (Å²) in [6.07, 6.45) is 4.44. The molecule has 0 aromatic carbocycles. The molecule has 1 aliphatic rings. The Labute approximate surface area is 84.8 Å². The van der Waals surface area contributed by atoms with Crippen molar-refractivity contribution in [2.45, 2.75) is 25.8 Å². The summed E-state index contributed by atoms with van der Waals surface area (Å²) >= 11 is 0. The summed E-state index contributed by atoms with van der Waals surface area (Å²) in [6.45, 7) is 3.95. The second kappa shape index (κ2) is 3.59. The van der Waals surface area contributed by atoms with Gasteiger partial charge in [0, 0.05) is 37.5 Å². The maximum atomic E-state index is 10.7. The molecule has 1 aliphatic heterocycles. The molecule has 54 valence electrons. The summed E-state index contributed by atoms with van der Waals surface area (Å²) in [5.74, 6) is 0.113. The first-order valence-electron chi connectivity index (χ1n) is 3.09. The molecular formula is C7H11NOU. The van der Waals surface area contributed by atoms with E-state index in [2.05, 4.69) is 5.32 Å². The molecule has 1 rings (SSSR count). The third-order valence-corrected chi connectivity index (χ3v) is 1.30. The van der Waals surface area contributed by atoms with Gasteiger partial charge in [0.05, 0.1) is 5.54 Å². The molecule has 0 fully saturated rings. The fourth-order valence-electron chi connectivity index (χ4n) is 0.913. The van der Waals surface area contributed by atoms with E-state index < -0.39 is 0 Å². The monoisotopic (exact) mass is 363 g/mol. The van der Waals surface area contributed by atoms with Gasteiger partial charge in [-0.25, -0.2) is 0 Å². The van der Waals surface area contributed by atoms with Crippen molar-refractivity contribution in [3.05, 3.63) is 12.2 Å². The van der Waals surface area contributed by atoms with Gasteiger partial charge < -0.3 is 5.32 Å². The number of hydrogen-bond acceptors (Lipinski definition) is 1. The normalized spacial score (nSPS) is 21.2.